The number of hydrogen-bond donors (Lipinski definition) is 1. The Hall–Kier alpha value is -1.88. The van der Waals surface area contributed by atoms with Gasteiger partial charge in [0.2, 0.25) is 0 Å². The number of fused-ring (bicyclic) bond motifs is 1. The first-order chi connectivity index (χ1) is 7.77. The summed E-state index contributed by atoms with van der Waals surface area (Å²) in [5.41, 5.74) is 0.528. The molecule has 0 radical (unpaired) electrons. The van der Waals surface area contributed by atoms with Crippen LogP contribution in [0.4, 0.5) is 0 Å². The van der Waals surface area contributed by atoms with E-state index in [1.807, 2.05) is 0 Å². The van der Waals surface area contributed by atoms with E-state index in [9.17, 15) is 4.79 Å². The molecule has 2 rings (SSSR count). The van der Waals surface area contributed by atoms with Gasteiger partial charge in [-0.2, -0.15) is 0 Å². The van der Waals surface area contributed by atoms with Crippen molar-refractivity contribution in [2.24, 2.45) is 0 Å². The summed E-state index contributed by atoms with van der Waals surface area (Å²) in [5.74, 6) is 0.617. The fourth-order valence-electron chi connectivity index (χ4n) is 1.61. The molecule has 0 saturated carbocycles. The fourth-order valence-corrected chi connectivity index (χ4v) is 1.61. The zero-order chi connectivity index (χ0) is 11.5. The maximum absolute atomic E-state index is 12.0. The molecule has 2 aromatic rings. The molecule has 0 bridgehead atoms. The van der Waals surface area contributed by atoms with Crippen molar-refractivity contribution in [2.75, 3.05) is 14.2 Å². The number of nitrogens with zero attached hydrogens (tertiary/aromatic N) is 2. The quantitative estimate of drug-likeness (QED) is 0.820. The molecule has 0 amide bonds. The van der Waals surface area contributed by atoms with Crippen LogP contribution in [0.25, 0.3) is 10.9 Å². The summed E-state index contributed by atoms with van der Waals surface area (Å²) in [7, 11) is 3.35. The monoisotopic (exact) mass is 219 g/mol. The molecule has 5 nitrogen and oxygen atoms in total. The van der Waals surface area contributed by atoms with Gasteiger partial charge in [-0.1, -0.05) is 6.07 Å². The number of rotatable bonds is 3. The van der Waals surface area contributed by atoms with E-state index in [0.717, 1.165) is 0 Å². The molecule has 0 fully saturated rings. The Bertz CT molecular complexity index is 563. The summed E-state index contributed by atoms with van der Waals surface area (Å²) in [6.07, 6.45) is 1.52. The van der Waals surface area contributed by atoms with Crippen molar-refractivity contribution in [1.29, 1.82) is 0 Å². The highest BCUT2D eigenvalue weighted by molar-refractivity contribution is 5.83. The van der Waals surface area contributed by atoms with Crippen LogP contribution >= 0.6 is 0 Å². The second kappa shape index (κ2) is 4.32. The van der Waals surface area contributed by atoms with Gasteiger partial charge in [-0.25, -0.2) is 4.98 Å². The van der Waals surface area contributed by atoms with Gasteiger partial charge in [0, 0.05) is 0 Å². The van der Waals surface area contributed by atoms with Crippen LogP contribution in [-0.4, -0.2) is 23.7 Å². The summed E-state index contributed by atoms with van der Waals surface area (Å²) in [4.78, 5) is 16.2. The van der Waals surface area contributed by atoms with Crippen LogP contribution in [-0.2, 0) is 6.67 Å². The van der Waals surface area contributed by atoms with E-state index in [0.29, 0.717) is 23.3 Å². The van der Waals surface area contributed by atoms with E-state index in [1.165, 1.54) is 10.9 Å². The van der Waals surface area contributed by atoms with E-state index in [4.69, 9.17) is 4.74 Å². The highest BCUT2D eigenvalue weighted by Gasteiger charge is 2.07. The number of ether oxygens (including phenoxy) is 1. The minimum Gasteiger partial charge on any atom is -0.494 e. The van der Waals surface area contributed by atoms with Crippen LogP contribution < -0.4 is 15.6 Å². The molecule has 0 unspecified atom stereocenters. The molecule has 0 aliphatic rings. The molecule has 0 aliphatic carbocycles. The Balaban J connectivity index is 2.71. The molecule has 0 saturated heterocycles. The van der Waals surface area contributed by atoms with E-state index in [1.54, 1.807) is 32.4 Å². The lowest BCUT2D eigenvalue weighted by atomic mass is 10.2. The summed E-state index contributed by atoms with van der Waals surface area (Å²) in [6, 6.07) is 5.32. The molecule has 0 aliphatic heterocycles. The number of para-hydroxylation sites is 1. The van der Waals surface area contributed by atoms with Crippen molar-refractivity contribution in [3.63, 3.8) is 0 Å². The summed E-state index contributed by atoms with van der Waals surface area (Å²) in [5, 5.41) is 3.48. The molecular formula is C11H13N3O2. The van der Waals surface area contributed by atoms with Crippen molar-refractivity contribution < 1.29 is 4.74 Å². The van der Waals surface area contributed by atoms with Gasteiger partial charge in [-0.15, -0.1) is 0 Å². The number of benzene rings is 1. The maximum Gasteiger partial charge on any atom is 0.262 e. The number of nitrogens with one attached hydrogen (secondary N) is 1. The lowest BCUT2D eigenvalue weighted by Gasteiger charge is -2.07. The lowest BCUT2D eigenvalue weighted by molar-refractivity contribution is 0.418. The minimum atomic E-state index is -0.0711. The third-order valence-corrected chi connectivity index (χ3v) is 2.36. The van der Waals surface area contributed by atoms with Gasteiger partial charge in [-0.3, -0.25) is 9.36 Å². The van der Waals surface area contributed by atoms with Crippen LogP contribution in [0.15, 0.2) is 29.3 Å². The molecule has 0 spiro atoms. The van der Waals surface area contributed by atoms with Gasteiger partial charge in [0.15, 0.2) is 0 Å². The molecule has 84 valence electrons. The predicted octanol–water partition coefficient (Wildman–Crippen LogP) is 0.582. The SMILES string of the molecule is CNCn1cnc2c(OC)cccc2c1=O. The van der Waals surface area contributed by atoms with Crippen molar-refractivity contribution in [3.8, 4) is 5.75 Å². The number of methoxy groups -OCH3 is 1. The number of hydrogen-bond acceptors (Lipinski definition) is 4. The summed E-state index contributed by atoms with van der Waals surface area (Å²) < 4.78 is 6.67. The fraction of sp³-hybridized carbons (Fsp3) is 0.273. The summed E-state index contributed by atoms with van der Waals surface area (Å²) in [6.45, 7) is 0.443. The molecular weight excluding hydrogens is 206 g/mol. The summed E-state index contributed by atoms with van der Waals surface area (Å²) >= 11 is 0. The van der Waals surface area contributed by atoms with Crippen LogP contribution in [0.3, 0.4) is 0 Å². The molecule has 0 atom stereocenters. The van der Waals surface area contributed by atoms with Crippen LogP contribution in [0, 0.1) is 0 Å². The van der Waals surface area contributed by atoms with Crippen molar-refractivity contribution in [1.82, 2.24) is 14.9 Å². The smallest absolute Gasteiger partial charge is 0.262 e. The largest absolute Gasteiger partial charge is 0.494 e. The van der Waals surface area contributed by atoms with Gasteiger partial charge < -0.3 is 10.1 Å². The Kier molecular flexibility index (Phi) is 2.87. The van der Waals surface area contributed by atoms with E-state index in [2.05, 4.69) is 10.3 Å². The maximum atomic E-state index is 12.0. The molecule has 1 heterocycles. The zero-order valence-electron chi connectivity index (χ0n) is 9.23. The lowest BCUT2D eigenvalue weighted by Crippen LogP contribution is -2.26. The first-order valence-electron chi connectivity index (χ1n) is 4.94. The van der Waals surface area contributed by atoms with Gasteiger partial charge in [-0.05, 0) is 19.2 Å². The Morgan fingerprint density at radius 3 is 3.00 bits per heavy atom. The van der Waals surface area contributed by atoms with Gasteiger partial charge in [0.05, 0.1) is 25.5 Å². The van der Waals surface area contributed by atoms with Gasteiger partial charge in [0.25, 0.3) is 5.56 Å². The predicted molar refractivity (Wildman–Crippen MR) is 61.6 cm³/mol. The first kappa shape index (κ1) is 10.6. The highest BCUT2D eigenvalue weighted by Crippen LogP contribution is 2.19. The second-order valence-corrected chi connectivity index (χ2v) is 3.39. The molecule has 1 N–H and O–H groups in total. The van der Waals surface area contributed by atoms with E-state index in [-0.39, 0.29) is 5.56 Å². The van der Waals surface area contributed by atoms with E-state index >= 15 is 0 Å². The number of aromatic nitrogens is 2. The van der Waals surface area contributed by atoms with Crippen LogP contribution in [0.1, 0.15) is 0 Å². The van der Waals surface area contributed by atoms with Gasteiger partial charge in [0.1, 0.15) is 11.3 Å². The standard InChI is InChI=1S/C11H13N3O2/c1-12-6-14-7-13-10-8(11(14)15)4-3-5-9(10)16-2/h3-5,7,12H,6H2,1-2H3. The molecule has 16 heavy (non-hydrogen) atoms. The average Bonchev–Trinajstić information content (AvgIpc) is 2.32. The van der Waals surface area contributed by atoms with Crippen LogP contribution in [0.5, 0.6) is 5.75 Å². The Morgan fingerprint density at radius 1 is 1.50 bits per heavy atom. The third kappa shape index (κ3) is 1.65. The zero-order valence-corrected chi connectivity index (χ0v) is 9.23. The highest BCUT2D eigenvalue weighted by atomic mass is 16.5. The third-order valence-electron chi connectivity index (χ3n) is 2.36. The Labute approximate surface area is 92.7 Å². The first-order valence-corrected chi connectivity index (χ1v) is 4.94. The molecule has 1 aromatic carbocycles. The molecule has 1 aromatic heterocycles. The van der Waals surface area contributed by atoms with Crippen molar-refractivity contribution >= 4 is 10.9 Å². The average molecular weight is 219 g/mol. The van der Waals surface area contributed by atoms with Crippen molar-refractivity contribution in [2.45, 2.75) is 6.67 Å². The second-order valence-electron chi connectivity index (χ2n) is 3.39. The minimum absolute atomic E-state index is 0.0711. The topological polar surface area (TPSA) is 56.1 Å². The van der Waals surface area contributed by atoms with E-state index < -0.39 is 0 Å². The van der Waals surface area contributed by atoms with Crippen molar-refractivity contribution in [3.05, 3.63) is 34.9 Å². The molecule has 5 heteroatoms. The Morgan fingerprint density at radius 2 is 2.31 bits per heavy atom. The normalized spacial score (nSPS) is 10.6. The van der Waals surface area contributed by atoms with Gasteiger partial charge >= 0.3 is 0 Å². The van der Waals surface area contributed by atoms with Crippen LogP contribution in [0.2, 0.25) is 0 Å².